The summed E-state index contributed by atoms with van der Waals surface area (Å²) in [6.07, 6.45) is 2.27. The number of hydrogen-bond acceptors (Lipinski definition) is 3. The Balaban J connectivity index is 0.000000511. The molecular weight excluding hydrogens is 699 g/mol. The van der Waals surface area contributed by atoms with Crippen LogP contribution < -0.4 is 5.19 Å². The van der Waals surface area contributed by atoms with E-state index in [1.165, 1.54) is 33.3 Å². The summed E-state index contributed by atoms with van der Waals surface area (Å²) in [5.74, 6) is 0.149. The van der Waals surface area contributed by atoms with Crippen molar-refractivity contribution >= 4 is 29.9 Å². The molecule has 0 saturated heterocycles. The molecule has 4 rings (SSSR count). The van der Waals surface area contributed by atoms with Gasteiger partial charge in [0.05, 0.1) is 19.3 Å². The van der Waals surface area contributed by atoms with Crippen molar-refractivity contribution in [3.8, 4) is 22.4 Å². The predicted octanol–water partition coefficient (Wildman–Crippen LogP) is 9.34. The molecule has 0 bridgehead atoms. The standard InChI is InChI=1S/C29H32NSi.C7H12O2.Ir/c1-20-15-23(17-24(16-20)29(2,3)4)26-14-13-22-18-28(31(5,6)7)25(19-27(22)30-26)21-11-9-8-10-12-21;1-3-6(8)5-7(9)4-2;/h8-14,16-19H,1-7H3;5,8H,3-4H2,1-2H3;/q-1;;/b;6-5-;. The monoisotopic (exact) mass is 743 g/mol. The fraction of sp³-hybridized carbons (Fsp3) is 0.333. The third-order valence-electron chi connectivity index (χ3n) is 6.91. The van der Waals surface area contributed by atoms with E-state index in [2.05, 4.69) is 120 Å². The molecule has 1 aromatic heterocycles. The number of aliphatic hydroxyl groups is 1. The minimum absolute atomic E-state index is 0. The molecule has 4 aromatic rings. The Morgan fingerprint density at radius 2 is 1.61 bits per heavy atom. The van der Waals surface area contributed by atoms with E-state index in [9.17, 15) is 4.79 Å². The van der Waals surface area contributed by atoms with Gasteiger partial charge in [0.1, 0.15) is 0 Å². The van der Waals surface area contributed by atoms with E-state index in [-0.39, 0.29) is 37.1 Å². The van der Waals surface area contributed by atoms with Crippen molar-refractivity contribution in [2.45, 2.75) is 79.4 Å². The zero-order valence-corrected chi connectivity index (χ0v) is 29.4. The van der Waals surface area contributed by atoms with Gasteiger partial charge < -0.3 is 5.11 Å². The number of allylic oxidation sites excluding steroid dienone is 2. The third kappa shape index (κ3) is 9.33. The molecule has 5 heteroatoms. The van der Waals surface area contributed by atoms with Crippen LogP contribution in [0.4, 0.5) is 0 Å². The number of nitrogens with zero attached hydrogens (tertiary/aromatic N) is 1. The fourth-order valence-corrected chi connectivity index (χ4v) is 6.09. The van der Waals surface area contributed by atoms with Gasteiger partial charge >= 0.3 is 0 Å². The van der Waals surface area contributed by atoms with Crippen molar-refractivity contribution in [2.24, 2.45) is 0 Å². The second-order valence-corrected chi connectivity index (χ2v) is 17.5. The maximum absolute atomic E-state index is 10.5. The predicted molar refractivity (Wildman–Crippen MR) is 174 cm³/mol. The van der Waals surface area contributed by atoms with E-state index in [0.717, 1.165) is 22.3 Å². The quantitative estimate of drug-likeness (QED) is 0.0928. The molecular formula is C36H44IrNO2Si-. The van der Waals surface area contributed by atoms with Crippen molar-refractivity contribution < 1.29 is 30.0 Å². The van der Waals surface area contributed by atoms with E-state index in [1.54, 1.807) is 13.8 Å². The molecule has 0 atom stereocenters. The summed E-state index contributed by atoms with van der Waals surface area (Å²) >= 11 is 0. The van der Waals surface area contributed by atoms with Crippen LogP contribution in [-0.4, -0.2) is 23.9 Å². The topological polar surface area (TPSA) is 50.2 Å². The Hall–Kier alpha value is -2.85. The first-order valence-corrected chi connectivity index (χ1v) is 17.7. The number of aromatic nitrogens is 1. The van der Waals surface area contributed by atoms with Gasteiger partial charge in [-0.3, -0.25) is 9.78 Å². The number of pyridine rings is 1. The zero-order valence-electron chi connectivity index (χ0n) is 26.0. The normalized spacial score (nSPS) is 11.9. The SMILES string of the molecule is CCC(=O)/C=C(\O)CC.Cc1[c-]c(-c2ccc3cc([Si](C)(C)C)c(-c4ccccc4)cc3n2)cc(C(C)(C)C)c1.[Ir]. The molecule has 0 saturated carbocycles. The summed E-state index contributed by atoms with van der Waals surface area (Å²) < 4.78 is 0. The average molecular weight is 743 g/mol. The molecule has 41 heavy (non-hydrogen) atoms. The number of aliphatic hydroxyl groups excluding tert-OH is 1. The number of aryl methyl sites for hydroxylation is 1. The molecule has 1 heterocycles. The molecule has 3 aromatic carbocycles. The van der Waals surface area contributed by atoms with Crippen LogP contribution in [0.15, 0.2) is 78.6 Å². The Morgan fingerprint density at radius 3 is 2.17 bits per heavy atom. The number of benzene rings is 3. The van der Waals surface area contributed by atoms with E-state index in [0.29, 0.717) is 12.8 Å². The van der Waals surface area contributed by atoms with E-state index < -0.39 is 8.07 Å². The Kier molecular flexibility index (Phi) is 12.0. The van der Waals surface area contributed by atoms with Gasteiger partial charge in [-0.1, -0.05) is 115 Å². The van der Waals surface area contributed by atoms with Crippen LogP contribution in [0.2, 0.25) is 19.6 Å². The molecule has 0 aliphatic rings. The summed E-state index contributed by atoms with van der Waals surface area (Å²) in [6.45, 7) is 19.7. The second kappa shape index (κ2) is 14.4. The number of carbonyl (C=O) groups excluding carboxylic acids is 1. The summed E-state index contributed by atoms with van der Waals surface area (Å²) in [6, 6.07) is 27.8. The zero-order chi connectivity index (χ0) is 29.7. The van der Waals surface area contributed by atoms with Gasteiger partial charge in [-0.2, -0.15) is 0 Å². The van der Waals surface area contributed by atoms with Crippen LogP contribution in [0.5, 0.6) is 0 Å². The van der Waals surface area contributed by atoms with Crippen LogP contribution in [0.1, 0.15) is 58.6 Å². The van der Waals surface area contributed by atoms with Gasteiger partial charge in [0.15, 0.2) is 5.78 Å². The first-order chi connectivity index (χ1) is 18.7. The Morgan fingerprint density at radius 1 is 0.951 bits per heavy atom. The van der Waals surface area contributed by atoms with Crippen LogP contribution in [0.3, 0.4) is 0 Å². The summed E-state index contributed by atoms with van der Waals surface area (Å²) in [5, 5.41) is 11.5. The van der Waals surface area contributed by atoms with Crippen LogP contribution in [0, 0.1) is 13.0 Å². The number of fused-ring (bicyclic) bond motifs is 1. The van der Waals surface area contributed by atoms with E-state index in [4.69, 9.17) is 10.1 Å². The largest absolute Gasteiger partial charge is 0.512 e. The number of ketones is 1. The summed E-state index contributed by atoms with van der Waals surface area (Å²) in [5.41, 5.74) is 8.27. The fourth-order valence-electron chi connectivity index (χ4n) is 4.47. The third-order valence-corrected chi connectivity index (χ3v) is 8.93. The molecule has 0 unspecified atom stereocenters. The van der Waals surface area contributed by atoms with Crippen LogP contribution in [0.25, 0.3) is 33.3 Å². The van der Waals surface area contributed by atoms with Gasteiger partial charge in [-0.15, -0.1) is 34.9 Å². The minimum atomic E-state index is -1.53. The summed E-state index contributed by atoms with van der Waals surface area (Å²) in [4.78, 5) is 15.6. The van der Waals surface area contributed by atoms with Gasteiger partial charge in [0, 0.05) is 39.0 Å². The molecule has 0 aliphatic heterocycles. The van der Waals surface area contributed by atoms with Crippen molar-refractivity contribution in [1.29, 1.82) is 0 Å². The van der Waals surface area contributed by atoms with Crippen LogP contribution in [-0.2, 0) is 30.3 Å². The smallest absolute Gasteiger partial charge is 0.158 e. The second-order valence-electron chi connectivity index (χ2n) is 12.4. The van der Waals surface area contributed by atoms with Gasteiger partial charge in [-0.25, -0.2) is 0 Å². The molecule has 0 fully saturated rings. The molecule has 219 valence electrons. The van der Waals surface area contributed by atoms with Crippen molar-refractivity contribution in [2.75, 3.05) is 0 Å². The van der Waals surface area contributed by atoms with E-state index in [1.807, 2.05) is 0 Å². The molecule has 0 spiro atoms. The van der Waals surface area contributed by atoms with Crippen molar-refractivity contribution in [3.63, 3.8) is 0 Å². The van der Waals surface area contributed by atoms with E-state index >= 15 is 0 Å². The number of hydrogen-bond donors (Lipinski definition) is 1. The Labute approximate surface area is 261 Å². The molecule has 1 N–H and O–H groups in total. The summed E-state index contributed by atoms with van der Waals surface area (Å²) in [7, 11) is -1.53. The first kappa shape index (κ1) is 34.3. The number of rotatable bonds is 6. The van der Waals surface area contributed by atoms with Crippen molar-refractivity contribution in [1.82, 2.24) is 4.98 Å². The van der Waals surface area contributed by atoms with Crippen molar-refractivity contribution in [3.05, 3.63) is 95.8 Å². The maximum atomic E-state index is 10.5. The molecule has 0 aliphatic carbocycles. The average Bonchev–Trinajstić information content (AvgIpc) is 2.91. The van der Waals surface area contributed by atoms with Gasteiger partial charge in [-0.05, 0) is 33.7 Å². The maximum Gasteiger partial charge on any atom is 0.158 e. The van der Waals surface area contributed by atoms with Gasteiger partial charge in [0.25, 0.3) is 0 Å². The molecule has 3 nitrogen and oxygen atoms in total. The minimum Gasteiger partial charge on any atom is -0.512 e. The van der Waals surface area contributed by atoms with Gasteiger partial charge in [0.2, 0.25) is 0 Å². The number of carbonyl (C=O) groups is 1. The Bertz CT molecular complexity index is 1510. The molecule has 1 radical (unpaired) electrons. The van der Waals surface area contributed by atoms with Crippen LogP contribution >= 0.6 is 0 Å². The first-order valence-electron chi connectivity index (χ1n) is 14.2. The molecule has 0 amide bonds.